The second kappa shape index (κ2) is 9.37. The standard InChI is InChI=1S/C21H18N2O7S/c24-20-10-9-18(31(28,29)22-13-15-5-2-1-3-6-15)12-19(20)21(25)30-14-16-7-4-8-17(11-16)23(26)27/h1-12,22,24H,13-14H2. The number of nitrogens with one attached hydrogen (secondary N) is 1. The number of non-ortho nitro benzene ring substituents is 1. The van der Waals surface area contributed by atoms with Gasteiger partial charge in [0.05, 0.1) is 9.82 Å². The molecule has 160 valence electrons. The molecule has 10 heteroatoms. The van der Waals surface area contributed by atoms with Crippen LogP contribution >= 0.6 is 0 Å². The zero-order chi connectivity index (χ0) is 22.4. The lowest BCUT2D eigenvalue weighted by Gasteiger charge is -2.10. The normalized spacial score (nSPS) is 11.1. The predicted octanol–water partition coefficient (Wildman–Crippen LogP) is 3.14. The second-order valence-corrected chi connectivity index (χ2v) is 8.26. The average Bonchev–Trinajstić information content (AvgIpc) is 2.77. The number of sulfonamides is 1. The molecule has 0 fully saturated rings. The van der Waals surface area contributed by atoms with Gasteiger partial charge in [-0.15, -0.1) is 0 Å². The predicted molar refractivity (Wildman–Crippen MR) is 111 cm³/mol. The van der Waals surface area contributed by atoms with Gasteiger partial charge in [0.25, 0.3) is 5.69 Å². The Morgan fingerprint density at radius 1 is 1.00 bits per heavy atom. The average molecular weight is 442 g/mol. The topological polar surface area (TPSA) is 136 Å². The maximum atomic E-state index is 12.6. The van der Waals surface area contributed by atoms with Crippen LogP contribution in [0.25, 0.3) is 0 Å². The summed E-state index contributed by atoms with van der Waals surface area (Å²) in [7, 11) is -3.96. The van der Waals surface area contributed by atoms with Gasteiger partial charge >= 0.3 is 5.97 Å². The number of rotatable bonds is 8. The second-order valence-electron chi connectivity index (χ2n) is 6.49. The summed E-state index contributed by atoms with van der Waals surface area (Å²) in [5.74, 6) is -1.42. The van der Waals surface area contributed by atoms with Crippen LogP contribution in [0.3, 0.4) is 0 Å². The van der Waals surface area contributed by atoms with Crippen LogP contribution in [-0.2, 0) is 27.9 Å². The van der Waals surface area contributed by atoms with Gasteiger partial charge in [-0.25, -0.2) is 17.9 Å². The van der Waals surface area contributed by atoms with Crippen LogP contribution < -0.4 is 4.72 Å². The van der Waals surface area contributed by atoms with E-state index >= 15 is 0 Å². The fraction of sp³-hybridized carbons (Fsp3) is 0.0952. The number of hydrogen-bond donors (Lipinski definition) is 2. The van der Waals surface area contributed by atoms with Crippen molar-refractivity contribution in [3.05, 3.63) is 99.6 Å². The largest absolute Gasteiger partial charge is 0.507 e. The Labute approximate surface area is 178 Å². The Bertz CT molecular complexity index is 1210. The van der Waals surface area contributed by atoms with Crippen LogP contribution in [0.15, 0.2) is 77.7 Å². The van der Waals surface area contributed by atoms with Crippen LogP contribution in [0, 0.1) is 10.1 Å². The molecule has 0 saturated carbocycles. The number of phenols is 1. The molecule has 0 amide bonds. The van der Waals surface area contributed by atoms with Crippen LogP contribution in [0.2, 0.25) is 0 Å². The van der Waals surface area contributed by atoms with Gasteiger partial charge in [0.2, 0.25) is 10.0 Å². The molecule has 0 unspecified atom stereocenters. The summed E-state index contributed by atoms with van der Waals surface area (Å²) < 4.78 is 32.6. The highest BCUT2D eigenvalue weighted by Gasteiger charge is 2.20. The van der Waals surface area contributed by atoms with Crippen molar-refractivity contribution in [2.75, 3.05) is 0 Å². The molecule has 9 nitrogen and oxygen atoms in total. The van der Waals surface area contributed by atoms with Crippen LogP contribution in [-0.4, -0.2) is 24.4 Å². The van der Waals surface area contributed by atoms with Gasteiger partial charge in [-0.3, -0.25) is 10.1 Å². The number of hydrogen-bond acceptors (Lipinski definition) is 7. The minimum Gasteiger partial charge on any atom is -0.507 e. The van der Waals surface area contributed by atoms with E-state index in [0.717, 1.165) is 17.7 Å². The molecule has 0 saturated heterocycles. The van der Waals surface area contributed by atoms with Crippen LogP contribution in [0.5, 0.6) is 5.75 Å². The van der Waals surface area contributed by atoms with Crippen molar-refractivity contribution in [2.45, 2.75) is 18.0 Å². The van der Waals surface area contributed by atoms with E-state index in [1.807, 2.05) is 6.07 Å². The Kier molecular flexibility index (Phi) is 6.63. The molecule has 31 heavy (non-hydrogen) atoms. The number of nitro benzene ring substituents is 1. The van der Waals surface area contributed by atoms with Gasteiger partial charge in [0.1, 0.15) is 17.9 Å². The summed E-state index contributed by atoms with van der Waals surface area (Å²) in [6.07, 6.45) is 0. The Morgan fingerprint density at radius 3 is 2.42 bits per heavy atom. The fourth-order valence-corrected chi connectivity index (χ4v) is 3.73. The Morgan fingerprint density at radius 2 is 1.71 bits per heavy atom. The number of carbonyl (C=O) groups is 1. The van der Waals surface area contributed by atoms with E-state index in [4.69, 9.17) is 4.74 Å². The lowest BCUT2D eigenvalue weighted by Crippen LogP contribution is -2.23. The van der Waals surface area contributed by atoms with Gasteiger partial charge < -0.3 is 9.84 Å². The summed E-state index contributed by atoms with van der Waals surface area (Å²) in [5, 5.41) is 20.8. The monoisotopic (exact) mass is 442 g/mol. The highest BCUT2D eigenvalue weighted by Crippen LogP contribution is 2.23. The highest BCUT2D eigenvalue weighted by atomic mass is 32.2. The van der Waals surface area contributed by atoms with E-state index in [-0.39, 0.29) is 29.3 Å². The first kappa shape index (κ1) is 21.9. The maximum absolute atomic E-state index is 12.6. The molecular formula is C21H18N2O7S. The first-order valence-electron chi connectivity index (χ1n) is 9.03. The third-order valence-electron chi connectivity index (χ3n) is 4.30. The first-order valence-corrected chi connectivity index (χ1v) is 10.5. The summed E-state index contributed by atoms with van der Waals surface area (Å²) in [6, 6.07) is 17.7. The minimum absolute atomic E-state index is 0.0522. The van der Waals surface area contributed by atoms with Crippen molar-refractivity contribution >= 4 is 21.7 Å². The number of ether oxygens (including phenoxy) is 1. The van der Waals surface area contributed by atoms with Crippen molar-refractivity contribution in [3.63, 3.8) is 0 Å². The lowest BCUT2D eigenvalue weighted by molar-refractivity contribution is -0.384. The van der Waals surface area contributed by atoms with E-state index < -0.39 is 26.7 Å². The van der Waals surface area contributed by atoms with Crippen molar-refractivity contribution in [2.24, 2.45) is 0 Å². The molecule has 0 atom stereocenters. The van der Waals surface area contributed by atoms with E-state index in [1.54, 1.807) is 24.3 Å². The van der Waals surface area contributed by atoms with Gasteiger partial charge in [-0.05, 0) is 29.3 Å². The van der Waals surface area contributed by atoms with Gasteiger partial charge in [0, 0.05) is 18.7 Å². The lowest BCUT2D eigenvalue weighted by atomic mass is 10.2. The van der Waals surface area contributed by atoms with Crippen LogP contribution in [0.4, 0.5) is 5.69 Å². The van der Waals surface area contributed by atoms with Gasteiger partial charge in [-0.1, -0.05) is 42.5 Å². The zero-order valence-corrected chi connectivity index (χ0v) is 16.9. The summed E-state index contributed by atoms with van der Waals surface area (Å²) in [5.41, 5.74) is 0.624. The molecule has 0 spiro atoms. The van der Waals surface area contributed by atoms with E-state index in [2.05, 4.69) is 4.72 Å². The smallest absolute Gasteiger partial charge is 0.342 e. The number of nitro groups is 1. The molecule has 0 aromatic heterocycles. The van der Waals surface area contributed by atoms with Crippen molar-refractivity contribution in [3.8, 4) is 5.75 Å². The van der Waals surface area contributed by atoms with Crippen molar-refractivity contribution < 1.29 is 28.0 Å². The van der Waals surface area contributed by atoms with E-state index in [9.17, 15) is 28.4 Å². The van der Waals surface area contributed by atoms with E-state index in [1.165, 1.54) is 30.3 Å². The molecular weight excluding hydrogens is 424 g/mol. The quantitative estimate of drug-likeness (QED) is 0.311. The Hall–Kier alpha value is -3.76. The summed E-state index contributed by atoms with van der Waals surface area (Å²) >= 11 is 0. The molecule has 3 aromatic rings. The third-order valence-corrected chi connectivity index (χ3v) is 5.70. The van der Waals surface area contributed by atoms with Gasteiger partial charge in [-0.2, -0.15) is 0 Å². The van der Waals surface area contributed by atoms with Crippen molar-refractivity contribution in [1.29, 1.82) is 0 Å². The first-order chi connectivity index (χ1) is 14.8. The van der Waals surface area contributed by atoms with E-state index in [0.29, 0.717) is 5.56 Å². The fourth-order valence-electron chi connectivity index (χ4n) is 2.69. The SMILES string of the molecule is O=C(OCc1cccc([N+](=O)[O-])c1)c1cc(S(=O)(=O)NCc2ccccc2)ccc1O. The molecule has 0 heterocycles. The molecule has 2 N–H and O–H groups in total. The van der Waals surface area contributed by atoms with Gasteiger partial charge in [0.15, 0.2) is 0 Å². The molecule has 3 aromatic carbocycles. The molecule has 0 aliphatic carbocycles. The number of carbonyl (C=O) groups excluding carboxylic acids is 1. The summed E-state index contributed by atoms with van der Waals surface area (Å²) in [4.78, 5) is 22.4. The number of benzene rings is 3. The molecule has 0 aliphatic rings. The number of phenolic OH excluding ortho intramolecular Hbond substituents is 1. The number of nitrogens with zero attached hydrogens (tertiary/aromatic N) is 1. The third kappa shape index (κ3) is 5.65. The minimum atomic E-state index is -3.96. The molecule has 0 bridgehead atoms. The maximum Gasteiger partial charge on any atom is 0.342 e. The molecule has 0 aliphatic heterocycles. The van der Waals surface area contributed by atoms with Crippen LogP contribution in [0.1, 0.15) is 21.5 Å². The molecule has 3 rings (SSSR count). The number of aromatic hydroxyl groups is 1. The zero-order valence-electron chi connectivity index (χ0n) is 16.1. The number of esters is 1. The highest BCUT2D eigenvalue weighted by molar-refractivity contribution is 7.89. The summed E-state index contributed by atoms with van der Waals surface area (Å²) in [6.45, 7) is -0.236. The molecule has 0 radical (unpaired) electrons. The van der Waals surface area contributed by atoms with Crippen molar-refractivity contribution in [1.82, 2.24) is 4.72 Å². The Balaban J connectivity index is 1.73.